The molecule has 0 bridgehead atoms. The van der Waals surface area contributed by atoms with Gasteiger partial charge in [-0.2, -0.15) is 0 Å². The molecular formula is C9H20N2. The summed E-state index contributed by atoms with van der Waals surface area (Å²) in [6.45, 7) is 10.6. The van der Waals surface area contributed by atoms with Crippen molar-refractivity contribution in [2.75, 3.05) is 32.7 Å². The van der Waals surface area contributed by atoms with Crippen molar-refractivity contribution >= 4 is 0 Å². The van der Waals surface area contributed by atoms with E-state index in [0.717, 1.165) is 5.92 Å². The second-order valence-electron chi connectivity index (χ2n) is 3.34. The van der Waals surface area contributed by atoms with E-state index in [4.69, 9.17) is 0 Å². The first kappa shape index (κ1) is 9.01. The first-order chi connectivity index (χ1) is 5.36. The standard InChI is InChI=1S/C9H20N2/c1-3-11(4-2)8-9-5-6-10-7-9/h9-10H,3-8H2,1-2H3/t9-/m0/s1. The average molecular weight is 156 g/mol. The van der Waals surface area contributed by atoms with Gasteiger partial charge in [0.1, 0.15) is 0 Å². The molecule has 1 aliphatic rings. The maximum atomic E-state index is 3.40. The van der Waals surface area contributed by atoms with Crippen molar-refractivity contribution in [3.63, 3.8) is 0 Å². The third kappa shape index (κ3) is 2.80. The van der Waals surface area contributed by atoms with E-state index < -0.39 is 0 Å². The Kier molecular flexibility index (Phi) is 3.87. The quantitative estimate of drug-likeness (QED) is 0.651. The minimum Gasteiger partial charge on any atom is -0.316 e. The summed E-state index contributed by atoms with van der Waals surface area (Å²) in [5, 5.41) is 3.40. The van der Waals surface area contributed by atoms with Gasteiger partial charge in [-0.3, -0.25) is 0 Å². The van der Waals surface area contributed by atoms with E-state index in [9.17, 15) is 0 Å². The second kappa shape index (κ2) is 4.73. The molecule has 0 unspecified atom stereocenters. The Balaban J connectivity index is 2.16. The average Bonchev–Trinajstić information content (AvgIpc) is 2.52. The molecule has 1 saturated heterocycles. The van der Waals surface area contributed by atoms with Crippen LogP contribution in [0.3, 0.4) is 0 Å². The van der Waals surface area contributed by atoms with Crippen LogP contribution in [0, 0.1) is 5.92 Å². The molecule has 0 aromatic rings. The highest BCUT2D eigenvalue weighted by Gasteiger charge is 2.15. The van der Waals surface area contributed by atoms with E-state index in [0.29, 0.717) is 0 Å². The molecule has 1 atom stereocenters. The van der Waals surface area contributed by atoms with Gasteiger partial charge in [0.05, 0.1) is 0 Å². The van der Waals surface area contributed by atoms with Gasteiger partial charge in [-0.25, -0.2) is 0 Å². The van der Waals surface area contributed by atoms with E-state index in [1.165, 1.54) is 39.1 Å². The summed E-state index contributed by atoms with van der Waals surface area (Å²) in [4.78, 5) is 2.51. The van der Waals surface area contributed by atoms with Crippen molar-refractivity contribution in [2.45, 2.75) is 20.3 Å². The van der Waals surface area contributed by atoms with Gasteiger partial charge < -0.3 is 10.2 Å². The summed E-state index contributed by atoms with van der Waals surface area (Å²) < 4.78 is 0. The zero-order valence-corrected chi connectivity index (χ0v) is 7.77. The van der Waals surface area contributed by atoms with Gasteiger partial charge in [0.2, 0.25) is 0 Å². The lowest BCUT2D eigenvalue weighted by atomic mass is 10.1. The largest absolute Gasteiger partial charge is 0.316 e. The second-order valence-corrected chi connectivity index (χ2v) is 3.34. The smallest absolute Gasteiger partial charge is 0.00220 e. The van der Waals surface area contributed by atoms with Gasteiger partial charge in [-0.05, 0) is 38.5 Å². The number of hydrogen-bond donors (Lipinski definition) is 1. The van der Waals surface area contributed by atoms with Crippen LogP contribution in [0.5, 0.6) is 0 Å². The Hall–Kier alpha value is -0.0800. The van der Waals surface area contributed by atoms with Crippen LogP contribution in [0.2, 0.25) is 0 Å². The topological polar surface area (TPSA) is 15.3 Å². The monoisotopic (exact) mass is 156 g/mol. The Morgan fingerprint density at radius 3 is 2.55 bits per heavy atom. The molecule has 0 amide bonds. The van der Waals surface area contributed by atoms with Gasteiger partial charge in [0.25, 0.3) is 0 Å². The van der Waals surface area contributed by atoms with Crippen LogP contribution in [-0.4, -0.2) is 37.6 Å². The zero-order chi connectivity index (χ0) is 8.10. The molecule has 2 heteroatoms. The van der Waals surface area contributed by atoms with Crippen molar-refractivity contribution < 1.29 is 0 Å². The lowest BCUT2D eigenvalue weighted by Gasteiger charge is -2.21. The number of nitrogens with zero attached hydrogens (tertiary/aromatic N) is 1. The summed E-state index contributed by atoms with van der Waals surface area (Å²) in [6.07, 6.45) is 1.37. The zero-order valence-electron chi connectivity index (χ0n) is 7.77. The van der Waals surface area contributed by atoms with Crippen molar-refractivity contribution in [3.8, 4) is 0 Å². The van der Waals surface area contributed by atoms with Crippen LogP contribution in [0.15, 0.2) is 0 Å². The van der Waals surface area contributed by atoms with Gasteiger partial charge >= 0.3 is 0 Å². The highest BCUT2D eigenvalue weighted by Crippen LogP contribution is 2.08. The fourth-order valence-corrected chi connectivity index (χ4v) is 1.72. The molecule has 1 heterocycles. The summed E-state index contributed by atoms with van der Waals surface area (Å²) in [5.74, 6) is 0.912. The van der Waals surface area contributed by atoms with E-state index in [1.807, 2.05) is 0 Å². The van der Waals surface area contributed by atoms with Gasteiger partial charge in [-0.1, -0.05) is 13.8 Å². The Labute approximate surface area is 70.0 Å². The minimum absolute atomic E-state index is 0.912. The summed E-state index contributed by atoms with van der Waals surface area (Å²) in [7, 11) is 0. The van der Waals surface area contributed by atoms with Crippen LogP contribution < -0.4 is 5.32 Å². The molecule has 2 nitrogen and oxygen atoms in total. The van der Waals surface area contributed by atoms with Crippen LogP contribution in [0.25, 0.3) is 0 Å². The van der Waals surface area contributed by atoms with Crippen LogP contribution >= 0.6 is 0 Å². The minimum atomic E-state index is 0.912. The van der Waals surface area contributed by atoms with Crippen LogP contribution in [0.4, 0.5) is 0 Å². The highest BCUT2D eigenvalue weighted by molar-refractivity contribution is 4.73. The molecule has 1 fully saturated rings. The first-order valence-electron chi connectivity index (χ1n) is 4.79. The lowest BCUT2D eigenvalue weighted by Crippen LogP contribution is -2.30. The number of rotatable bonds is 4. The fraction of sp³-hybridized carbons (Fsp3) is 1.00. The predicted octanol–water partition coefficient (Wildman–Crippen LogP) is 0.938. The van der Waals surface area contributed by atoms with E-state index in [-0.39, 0.29) is 0 Å². The summed E-state index contributed by atoms with van der Waals surface area (Å²) in [5.41, 5.74) is 0. The van der Waals surface area contributed by atoms with Gasteiger partial charge in [-0.15, -0.1) is 0 Å². The molecule has 0 radical (unpaired) electrons. The van der Waals surface area contributed by atoms with Crippen molar-refractivity contribution in [1.82, 2.24) is 10.2 Å². The Morgan fingerprint density at radius 2 is 2.09 bits per heavy atom. The molecule has 0 aromatic carbocycles. The van der Waals surface area contributed by atoms with Gasteiger partial charge in [0, 0.05) is 6.54 Å². The molecular weight excluding hydrogens is 136 g/mol. The maximum absolute atomic E-state index is 3.40. The van der Waals surface area contributed by atoms with Crippen LogP contribution in [-0.2, 0) is 0 Å². The van der Waals surface area contributed by atoms with Crippen LogP contribution in [0.1, 0.15) is 20.3 Å². The molecule has 1 aliphatic heterocycles. The molecule has 0 spiro atoms. The number of nitrogens with one attached hydrogen (secondary N) is 1. The maximum Gasteiger partial charge on any atom is 0.00220 e. The molecule has 0 aliphatic carbocycles. The van der Waals surface area contributed by atoms with E-state index in [2.05, 4.69) is 24.1 Å². The molecule has 0 saturated carbocycles. The van der Waals surface area contributed by atoms with Crippen molar-refractivity contribution in [3.05, 3.63) is 0 Å². The molecule has 1 N–H and O–H groups in total. The number of hydrogen-bond acceptors (Lipinski definition) is 2. The van der Waals surface area contributed by atoms with Crippen molar-refractivity contribution in [2.24, 2.45) is 5.92 Å². The van der Waals surface area contributed by atoms with Crippen molar-refractivity contribution in [1.29, 1.82) is 0 Å². The normalized spacial score (nSPS) is 24.8. The lowest BCUT2D eigenvalue weighted by molar-refractivity contribution is 0.260. The van der Waals surface area contributed by atoms with E-state index in [1.54, 1.807) is 0 Å². The fourth-order valence-electron chi connectivity index (χ4n) is 1.72. The Morgan fingerprint density at radius 1 is 1.36 bits per heavy atom. The summed E-state index contributed by atoms with van der Waals surface area (Å²) in [6, 6.07) is 0. The third-order valence-corrected chi connectivity index (χ3v) is 2.57. The first-order valence-corrected chi connectivity index (χ1v) is 4.79. The van der Waals surface area contributed by atoms with E-state index >= 15 is 0 Å². The third-order valence-electron chi connectivity index (χ3n) is 2.57. The Bertz CT molecular complexity index is 93.7. The molecule has 11 heavy (non-hydrogen) atoms. The molecule has 1 rings (SSSR count). The summed E-state index contributed by atoms with van der Waals surface area (Å²) >= 11 is 0. The molecule has 66 valence electrons. The van der Waals surface area contributed by atoms with Gasteiger partial charge in [0.15, 0.2) is 0 Å². The predicted molar refractivity (Wildman–Crippen MR) is 48.8 cm³/mol. The molecule has 0 aromatic heterocycles. The highest BCUT2D eigenvalue weighted by atomic mass is 15.1. The SMILES string of the molecule is CCN(CC)C[C@H]1CCNC1.